The topological polar surface area (TPSA) is 86.2 Å². The monoisotopic (exact) mass is 342 g/mol. The van der Waals surface area contributed by atoms with E-state index in [1.165, 1.54) is 6.33 Å². The van der Waals surface area contributed by atoms with Crippen molar-refractivity contribution >= 4 is 32.8 Å². The molecule has 0 aliphatic carbocycles. The molecule has 0 saturated carbocycles. The van der Waals surface area contributed by atoms with Crippen molar-refractivity contribution in [1.29, 1.82) is 0 Å². The highest BCUT2D eigenvalue weighted by Crippen LogP contribution is 2.35. The Hall–Kier alpha value is -1.18. The molecule has 0 spiro atoms. The Labute approximate surface area is 126 Å². The number of nitrogen functional groups attached to an aromatic ring is 1. The van der Waals surface area contributed by atoms with Gasteiger partial charge in [0.1, 0.15) is 24.0 Å². The van der Waals surface area contributed by atoms with Crippen molar-refractivity contribution in [3.05, 3.63) is 17.0 Å². The van der Waals surface area contributed by atoms with Crippen molar-refractivity contribution in [2.75, 3.05) is 12.3 Å². The summed E-state index contributed by atoms with van der Waals surface area (Å²) < 4.78 is 8.54. The van der Waals surface area contributed by atoms with Crippen molar-refractivity contribution < 1.29 is 9.84 Å². The fourth-order valence-corrected chi connectivity index (χ4v) is 2.91. The first kappa shape index (κ1) is 15.2. The molecule has 2 aromatic rings. The van der Waals surface area contributed by atoms with Gasteiger partial charge in [0, 0.05) is 10.7 Å². The molecule has 0 unspecified atom stereocenters. The highest BCUT2D eigenvalue weighted by molar-refractivity contribution is 9.10. The van der Waals surface area contributed by atoms with Crippen LogP contribution in [0.4, 0.5) is 5.82 Å². The van der Waals surface area contributed by atoms with E-state index < -0.39 is 0 Å². The minimum Gasteiger partial charge on any atom is -0.394 e. The fraction of sp³-hybridized carbons (Fsp3) is 0.538. The van der Waals surface area contributed by atoms with Crippen LogP contribution < -0.4 is 5.73 Å². The molecule has 1 aliphatic rings. The lowest BCUT2D eigenvalue weighted by Crippen LogP contribution is -2.14. The number of rotatable bonds is 2. The normalized spacial score (nSPS) is 21.8. The van der Waals surface area contributed by atoms with Crippen LogP contribution in [0, 0.1) is 0 Å². The smallest absolute Gasteiger partial charge is 0.148 e. The number of aromatic nitrogens is 3. The van der Waals surface area contributed by atoms with E-state index in [1.807, 2.05) is 24.6 Å². The van der Waals surface area contributed by atoms with Crippen molar-refractivity contribution in [2.24, 2.45) is 0 Å². The highest BCUT2D eigenvalue weighted by Gasteiger charge is 2.28. The van der Waals surface area contributed by atoms with Crippen LogP contribution in [0.2, 0.25) is 0 Å². The maximum Gasteiger partial charge on any atom is 0.148 e. The molecule has 0 radical (unpaired) electrons. The van der Waals surface area contributed by atoms with E-state index >= 15 is 0 Å². The summed E-state index contributed by atoms with van der Waals surface area (Å²) in [7, 11) is 0. The number of nitrogens with zero attached hydrogens (tertiary/aromatic N) is 3. The molecule has 110 valence electrons. The molecule has 2 atom stereocenters. The van der Waals surface area contributed by atoms with Crippen LogP contribution in [0.5, 0.6) is 0 Å². The Morgan fingerprint density at radius 1 is 1.45 bits per heavy atom. The van der Waals surface area contributed by atoms with E-state index in [4.69, 9.17) is 15.6 Å². The van der Waals surface area contributed by atoms with Gasteiger partial charge in [-0.2, -0.15) is 0 Å². The van der Waals surface area contributed by atoms with Crippen molar-refractivity contribution in [1.82, 2.24) is 14.5 Å². The first-order chi connectivity index (χ1) is 9.70. The molecular formula is C13H19BrN4O2. The Kier molecular flexibility index (Phi) is 4.95. The Bertz CT molecular complexity index is 587. The molecule has 0 amide bonds. The molecule has 0 aromatic carbocycles. The molecule has 7 heteroatoms. The number of aliphatic hydroxyl groups excluding tert-OH is 1. The first-order valence-electron chi connectivity index (χ1n) is 6.73. The minimum atomic E-state index is -0.106. The van der Waals surface area contributed by atoms with E-state index in [0.29, 0.717) is 5.82 Å². The average Bonchev–Trinajstić information content (AvgIpc) is 3.06. The van der Waals surface area contributed by atoms with Gasteiger partial charge in [-0.15, -0.1) is 0 Å². The van der Waals surface area contributed by atoms with Gasteiger partial charge in [-0.3, -0.25) is 0 Å². The summed E-state index contributed by atoms with van der Waals surface area (Å²) in [5.74, 6) is 0.447. The number of nitrogens with two attached hydrogens (primary N) is 1. The minimum absolute atomic E-state index is 0.0496. The molecule has 1 aliphatic heterocycles. The fourth-order valence-electron chi connectivity index (χ4n) is 2.31. The second-order valence-electron chi connectivity index (χ2n) is 4.31. The maximum atomic E-state index is 9.10. The molecule has 3 rings (SSSR count). The van der Waals surface area contributed by atoms with Gasteiger partial charge in [0.25, 0.3) is 0 Å². The summed E-state index contributed by atoms with van der Waals surface area (Å²) in [6.07, 6.45) is 4.85. The maximum absolute atomic E-state index is 9.10. The van der Waals surface area contributed by atoms with Crippen LogP contribution in [0.25, 0.3) is 11.0 Å². The van der Waals surface area contributed by atoms with Crippen LogP contribution in [-0.4, -0.2) is 32.4 Å². The molecule has 3 heterocycles. The number of halogens is 1. The van der Waals surface area contributed by atoms with E-state index in [9.17, 15) is 0 Å². The van der Waals surface area contributed by atoms with Crippen molar-refractivity contribution in [3.8, 4) is 0 Å². The third-order valence-electron chi connectivity index (χ3n) is 3.19. The lowest BCUT2D eigenvalue weighted by atomic mass is 10.2. The van der Waals surface area contributed by atoms with Crippen LogP contribution in [0.3, 0.4) is 0 Å². The molecule has 3 N–H and O–H groups in total. The summed E-state index contributed by atoms with van der Waals surface area (Å²) in [6, 6.07) is 0. The van der Waals surface area contributed by atoms with Gasteiger partial charge >= 0.3 is 0 Å². The molecular weight excluding hydrogens is 324 g/mol. The van der Waals surface area contributed by atoms with E-state index in [1.54, 1.807) is 0 Å². The van der Waals surface area contributed by atoms with Crippen LogP contribution >= 0.6 is 15.9 Å². The number of hydrogen-bond acceptors (Lipinski definition) is 5. The zero-order valence-electron chi connectivity index (χ0n) is 11.6. The second-order valence-corrected chi connectivity index (χ2v) is 5.17. The predicted octanol–water partition coefficient (Wildman–Crippen LogP) is 2.47. The van der Waals surface area contributed by atoms with Gasteiger partial charge in [-0.25, -0.2) is 9.97 Å². The number of hydrogen-bond donors (Lipinski definition) is 2. The number of ether oxygens (including phenoxy) is 1. The van der Waals surface area contributed by atoms with Gasteiger partial charge in [0.15, 0.2) is 0 Å². The first-order valence-corrected chi connectivity index (χ1v) is 7.53. The van der Waals surface area contributed by atoms with Gasteiger partial charge in [0.05, 0.1) is 18.1 Å². The van der Waals surface area contributed by atoms with Gasteiger partial charge in [-0.1, -0.05) is 13.8 Å². The van der Waals surface area contributed by atoms with Gasteiger partial charge in [0.2, 0.25) is 0 Å². The summed E-state index contributed by atoms with van der Waals surface area (Å²) in [5.41, 5.74) is 6.60. The molecule has 2 aromatic heterocycles. The largest absolute Gasteiger partial charge is 0.394 e. The van der Waals surface area contributed by atoms with Crippen LogP contribution in [-0.2, 0) is 4.74 Å². The lowest BCUT2D eigenvalue weighted by Gasteiger charge is -2.14. The lowest BCUT2D eigenvalue weighted by molar-refractivity contribution is -0.0205. The summed E-state index contributed by atoms with van der Waals surface area (Å²) >= 11 is 3.46. The van der Waals surface area contributed by atoms with Gasteiger partial charge in [-0.05, 0) is 28.8 Å². The summed E-state index contributed by atoms with van der Waals surface area (Å²) in [5, 5.41) is 9.90. The van der Waals surface area contributed by atoms with E-state index in [2.05, 4.69) is 25.9 Å². The highest BCUT2D eigenvalue weighted by atomic mass is 79.9. The average molecular weight is 343 g/mol. The van der Waals surface area contributed by atoms with Crippen LogP contribution in [0.1, 0.15) is 32.9 Å². The molecule has 1 saturated heterocycles. The van der Waals surface area contributed by atoms with E-state index in [0.717, 1.165) is 28.3 Å². The Morgan fingerprint density at radius 3 is 2.85 bits per heavy atom. The number of anilines is 1. The third kappa shape index (κ3) is 2.65. The Balaban J connectivity index is 0.000000704. The summed E-state index contributed by atoms with van der Waals surface area (Å²) in [6.45, 7) is 4.05. The molecule has 6 nitrogen and oxygen atoms in total. The Morgan fingerprint density at radius 2 is 2.20 bits per heavy atom. The van der Waals surface area contributed by atoms with Crippen molar-refractivity contribution in [2.45, 2.75) is 39.0 Å². The van der Waals surface area contributed by atoms with E-state index in [-0.39, 0.29) is 18.9 Å². The van der Waals surface area contributed by atoms with Crippen molar-refractivity contribution in [3.63, 3.8) is 0 Å². The summed E-state index contributed by atoms with van der Waals surface area (Å²) in [4.78, 5) is 8.24. The zero-order chi connectivity index (χ0) is 14.7. The third-order valence-corrected chi connectivity index (χ3v) is 3.79. The quantitative estimate of drug-likeness (QED) is 0.875. The molecule has 0 bridgehead atoms. The number of aliphatic hydroxyl groups is 1. The number of fused-ring (bicyclic) bond motifs is 1. The molecule has 1 fully saturated rings. The second kappa shape index (κ2) is 6.51. The van der Waals surface area contributed by atoms with Crippen LogP contribution in [0.15, 0.2) is 17.0 Å². The van der Waals surface area contributed by atoms with Gasteiger partial charge < -0.3 is 20.1 Å². The zero-order valence-corrected chi connectivity index (χ0v) is 13.2. The standard InChI is InChI=1S/C11H13BrN4O2.C2H6/c12-7-3-16(8-2-1-6(4-17)18-8)11-9(7)10(13)14-5-15-11;1-2/h3,5-6,8,17H,1-2,4H2,(H2,13,14,15);1-2H3/t6-,8+;/m0./s1. The SMILES string of the molecule is CC.Nc1ncnc2c1c(Br)cn2[C@H]1CC[C@@H](CO)O1. The molecule has 20 heavy (non-hydrogen) atoms. The predicted molar refractivity (Wildman–Crippen MR) is 81.2 cm³/mol.